The van der Waals surface area contributed by atoms with Gasteiger partial charge in [0.1, 0.15) is 21.4 Å². The van der Waals surface area contributed by atoms with Crippen molar-refractivity contribution in [3.05, 3.63) is 24.0 Å². The highest BCUT2D eigenvalue weighted by Crippen LogP contribution is 2.27. The molecule has 0 aliphatic heterocycles. The van der Waals surface area contributed by atoms with Crippen molar-refractivity contribution in [3.63, 3.8) is 0 Å². The summed E-state index contributed by atoms with van der Waals surface area (Å²) in [6.45, 7) is 0. The summed E-state index contributed by atoms with van der Waals surface area (Å²) >= 11 is 0. The van der Waals surface area contributed by atoms with Gasteiger partial charge < -0.3 is 14.8 Å². The monoisotopic (exact) mass is 316 g/mol. The van der Waals surface area contributed by atoms with Crippen LogP contribution in [0, 0.1) is 5.82 Å². The van der Waals surface area contributed by atoms with Gasteiger partial charge in [-0.1, -0.05) is 6.07 Å². The number of hydrogen-bond acceptors (Lipinski definition) is 5. The van der Waals surface area contributed by atoms with Crippen molar-refractivity contribution in [2.75, 3.05) is 6.26 Å². The topological polar surface area (TPSA) is 83.8 Å². The van der Waals surface area contributed by atoms with E-state index >= 15 is 0 Å². The molecule has 116 valence electrons. The normalized spacial score (nSPS) is 22.9. The Hall–Kier alpha value is -1.12. The van der Waals surface area contributed by atoms with E-state index in [4.69, 9.17) is 4.74 Å². The molecular weight excluding hydrogens is 298 g/mol. The lowest BCUT2D eigenvalue weighted by Crippen LogP contribution is -2.36. The Morgan fingerprint density at radius 3 is 2.67 bits per heavy atom. The molecular formula is C13H18BFO5S. The third kappa shape index (κ3) is 4.18. The van der Waals surface area contributed by atoms with Gasteiger partial charge in [0, 0.05) is 24.2 Å². The molecule has 21 heavy (non-hydrogen) atoms. The number of benzene rings is 1. The van der Waals surface area contributed by atoms with Crippen LogP contribution in [0.5, 0.6) is 5.75 Å². The van der Waals surface area contributed by atoms with Gasteiger partial charge in [-0.3, -0.25) is 0 Å². The SMILES string of the molecule is CS(=O)(=O)C1CCCC(Oc2cc(F)ccc2B(O)O)C1. The highest BCUT2D eigenvalue weighted by atomic mass is 32.2. The zero-order chi connectivity index (χ0) is 15.6. The van der Waals surface area contributed by atoms with Gasteiger partial charge in [-0.15, -0.1) is 0 Å². The third-order valence-corrected chi connectivity index (χ3v) is 5.37. The minimum absolute atomic E-state index is 0.0455. The lowest BCUT2D eigenvalue weighted by atomic mass is 9.79. The molecule has 2 N–H and O–H groups in total. The summed E-state index contributed by atoms with van der Waals surface area (Å²) in [6, 6.07) is 3.44. The highest BCUT2D eigenvalue weighted by Gasteiger charge is 2.31. The maximum absolute atomic E-state index is 13.3. The second-order valence-corrected chi connectivity index (χ2v) is 7.74. The van der Waals surface area contributed by atoms with E-state index in [1.54, 1.807) is 0 Å². The molecule has 0 spiro atoms. The molecule has 1 saturated carbocycles. The van der Waals surface area contributed by atoms with Crippen molar-refractivity contribution in [2.24, 2.45) is 0 Å². The predicted octanol–water partition coefficient (Wildman–Crippen LogP) is 0.240. The molecule has 5 nitrogen and oxygen atoms in total. The summed E-state index contributed by atoms with van der Waals surface area (Å²) in [4.78, 5) is 0. The molecule has 1 fully saturated rings. The van der Waals surface area contributed by atoms with Crippen molar-refractivity contribution in [2.45, 2.75) is 37.0 Å². The molecule has 1 aromatic carbocycles. The van der Waals surface area contributed by atoms with Gasteiger partial charge in [-0.2, -0.15) is 0 Å². The molecule has 1 aliphatic rings. The molecule has 1 aliphatic carbocycles. The van der Waals surface area contributed by atoms with Crippen LogP contribution in [0.25, 0.3) is 0 Å². The third-order valence-electron chi connectivity index (χ3n) is 3.73. The molecule has 1 aromatic rings. The zero-order valence-corrected chi connectivity index (χ0v) is 12.5. The molecule has 0 aromatic heterocycles. The summed E-state index contributed by atoms with van der Waals surface area (Å²) in [5, 5.41) is 18.1. The lowest BCUT2D eigenvalue weighted by Gasteiger charge is -2.29. The molecule has 0 heterocycles. The summed E-state index contributed by atoms with van der Waals surface area (Å²) in [5.41, 5.74) is 0.0675. The van der Waals surface area contributed by atoms with Crippen LogP contribution in [0.2, 0.25) is 0 Å². The fraction of sp³-hybridized carbons (Fsp3) is 0.538. The second kappa shape index (κ2) is 6.33. The van der Waals surface area contributed by atoms with Crippen molar-refractivity contribution in [1.82, 2.24) is 0 Å². The Kier molecular flexibility index (Phi) is 4.90. The molecule has 0 amide bonds. The molecule has 0 bridgehead atoms. The van der Waals surface area contributed by atoms with Crippen LogP contribution in [-0.2, 0) is 9.84 Å². The van der Waals surface area contributed by atoms with Gasteiger partial charge in [-0.25, -0.2) is 12.8 Å². The predicted molar refractivity (Wildman–Crippen MR) is 77.7 cm³/mol. The molecule has 2 atom stereocenters. The van der Waals surface area contributed by atoms with Gasteiger partial charge >= 0.3 is 7.12 Å². The van der Waals surface area contributed by atoms with Crippen LogP contribution in [0.1, 0.15) is 25.7 Å². The molecule has 2 rings (SSSR count). The molecule has 0 saturated heterocycles. The lowest BCUT2D eigenvalue weighted by molar-refractivity contribution is 0.156. The fourth-order valence-corrected chi connectivity index (χ4v) is 3.76. The fourth-order valence-electron chi connectivity index (χ4n) is 2.60. The first-order chi connectivity index (χ1) is 9.77. The van der Waals surface area contributed by atoms with Gasteiger partial charge in [0.15, 0.2) is 0 Å². The first-order valence-electron chi connectivity index (χ1n) is 6.78. The van der Waals surface area contributed by atoms with Crippen LogP contribution in [0.4, 0.5) is 4.39 Å². The minimum atomic E-state index is -3.14. The van der Waals surface area contributed by atoms with Crippen LogP contribution >= 0.6 is 0 Å². The van der Waals surface area contributed by atoms with Crippen molar-refractivity contribution in [1.29, 1.82) is 0 Å². The average molecular weight is 316 g/mol. The second-order valence-electron chi connectivity index (χ2n) is 5.41. The van der Waals surface area contributed by atoms with Crippen LogP contribution in [0.15, 0.2) is 18.2 Å². The van der Waals surface area contributed by atoms with E-state index in [2.05, 4.69) is 0 Å². The van der Waals surface area contributed by atoms with Gasteiger partial charge in [-0.05, 0) is 25.3 Å². The standard InChI is InChI=1S/C13H18BFO5S/c1-21(18,19)11-4-2-3-10(8-11)20-13-7-9(15)5-6-12(13)14(16)17/h5-7,10-11,16-17H,2-4,8H2,1H3. The molecule has 8 heteroatoms. The number of ether oxygens (including phenoxy) is 1. The number of rotatable bonds is 4. The summed E-state index contributed by atoms with van der Waals surface area (Å²) in [6.07, 6.45) is 3.11. The maximum Gasteiger partial charge on any atom is 0.492 e. The minimum Gasteiger partial charge on any atom is -0.491 e. The van der Waals surface area contributed by atoms with Gasteiger partial charge in [0.2, 0.25) is 0 Å². The van der Waals surface area contributed by atoms with Gasteiger partial charge in [0.05, 0.1) is 11.4 Å². The molecule has 2 unspecified atom stereocenters. The number of sulfone groups is 1. The number of hydrogen-bond donors (Lipinski definition) is 2. The van der Waals surface area contributed by atoms with E-state index < -0.39 is 28.0 Å². The number of halogens is 1. The van der Waals surface area contributed by atoms with E-state index in [1.165, 1.54) is 12.3 Å². The summed E-state index contributed by atoms with van der Waals surface area (Å²) in [5.74, 6) is -0.506. The largest absolute Gasteiger partial charge is 0.492 e. The summed E-state index contributed by atoms with van der Waals surface area (Å²) < 4.78 is 42.2. The van der Waals surface area contributed by atoms with E-state index in [0.29, 0.717) is 25.7 Å². The van der Waals surface area contributed by atoms with Crippen molar-refractivity contribution < 1.29 is 27.6 Å². The zero-order valence-electron chi connectivity index (χ0n) is 11.7. The van der Waals surface area contributed by atoms with Crippen LogP contribution < -0.4 is 10.2 Å². The van der Waals surface area contributed by atoms with E-state index in [-0.39, 0.29) is 17.3 Å². The quantitative estimate of drug-likeness (QED) is 0.778. The summed E-state index contributed by atoms with van der Waals surface area (Å²) in [7, 11) is -4.91. The highest BCUT2D eigenvalue weighted by molar-refractivity contribution is 7.91. The Morgan fingerprint density at radius 2 is 2.05 bits per heavy atom. The first-order valence-corrected chi connectivity index (χ1v) is 8.74. The Morgan fingerprint density at radius 1 is 1.33 bits per heavy atom. The van der Waals surface area contributed by atoms with E-state index in [9.17, 15) is 22.9 Å². The van der Waals surface area contributed by atoms with Gasteiger partial charge in [0.25, 0.3) is 0 Å². The van der Waals surface area contributed by atoms with Crippen molar-refractivity contribution in [3.8, 4) is 5.75 Å². The Balaban J connectivity index is 2.16. The van der Waals surface area contributed by atoms with E-state index in [0.717, 1.165) is 12.1 Å². The Labute approximate surface area is 123 Å². The Bertz CT molecular complexity index is 605. The van der Waals surface area contributed by atoms with Crippen LogP contribution in [0.3, 0.4) is 0 Å². The van der Waals surface area contributed by atoms with E-state index in [1.807, 2.05) is 0 Å². The van der Waals surface area contributed by atoms with Crippen LogP contribution in [-0.4, -0.2) is 43.2 Å². The first kappa shape index (κ1) is 16.3. The maximum atomic E-state index is 13.3. The molecule has 0 radical (unpaired) electrons. The smallest absolute Gasteiger partial charge is 0.491 e. The van der Waals surface area contributed by atoms with Crippen molar-refractivity contribution >= 4 is 22.4 Å². The average Bonchev–Trinajstić information content (AvgIpc) is 2.37.